The second-order valence-corrected chi connectivity index (χ2v) is 4.78. The molecule has 94 valence electrons. The van der Waals surface area contributed by atoms with E-state index in [0.717, 1.165) is 10.0 Å². The minimum atomic E-state index is -0.471. The molecule has 0 aliphatic rings. The molecule has 19 heavy (non-hydrogen) atoms. The van der Waals surface area contributed by atoms with E-state index in [2.05, 4.69) is 36.1 Å². The van der Waals surface area contributed by atoms with Crippen LogP contribution in [0.15, 0.2) is 44.5 Å². The van der Waals surface area contributed by atoms with Gasteiger partial charge in [-0.05, 0) is 12.1 Å². The van der Waals surface area contributed by atoms with E-state index in [1.54, 1.807) is 0 Å². The maximum absolute atomic E-state index is 11.6. The van der Waals surface area contributed by atoms with Crippen LogP contribution in [-0.4, -0.2) is 20.2 Å². The van der Waals surface area contributed by atoms with Crippen LogP contribution in [-0.2, 0) is 0 Å². The van der Waals surface area contributed by atoms with Gasteiger partial charge in [0.25, 0.3) is 11.1 Å². The molecule has 0 unspecified atom stereocenters. The Labute approximate surface area is 114 Å². The summed E-state index contributed by atoms with van der Waals surface area (Å²) in [4.78, 5) is 31.3. The van der Waals surface area contributed by atoms with Crippen molar-refractivity contribution in [3.05, 3.63) is 55.6 Å². The molecule has 2 heterocycles. The van der Waals surface area contributed by atoms with Gasteiger partial charge < -0.3 is 0 Å². The van der Waals surface area contributed by atoms with E-state index in [1.807, 2.05) is 24.3 Å². The molecule has 6 nitrogen and oxygen atoms in total. The largest absolute Gasteiger partial charge is 0.290 e. The molecule has 0 saturated carbocycles. The molecule has 2 aromatic heterocycles. The van der Waals surface area contributed by atoms with Crippen LogP contribution in [0.5, 0.6) is 0 Å². The summed E-state index contributed by atoms with van der Waals surface area (Å²) in [5, 5.41) is 4.43. The van der Waals surface area contributed by atoms with Crippen LogP contribution in [0.25, 0.3) is 22.3 Å². The smallest absolute Gasteiger partial charge is 0.266 e. The maximum Gasteiger partial charge on any atom is 0.290 e. The van der Waals surface area contributed by atoms with Gasteiger partial charge in [-0.25, -0.2) is 9.97 Å². The van der Waals surface area contributed by atoms with Gasteiger partial charge in [-0.15, -0.1) is 0 Å². The summed E-state index contributed by atoms with van der Waals surface area (Å²) in [6.07, 6.45) is 1.47. The summed E-state index contributed by atoms with van der Waals surface area (Å²) in [6.45, 7) is 0. The number of nitrogens with zero attached hydrogens (tertiary/aromatic N) is 2. The third-order valence-corrected chi connectivity index (χ3v) is 3.16. The minimum Gasteiger partial charge on any atom is -0.266 e. The molecular weight excluding hydrogens is 312 g/mol. The number of rotatable bonds is 1. The van der Waals surface area contributed by atoms with E-state index < -0.39 is 11.1 Å². The quantitative estimate of drug-likeness (QED) is 0.710. The average Bonchev–Trinajstić information content (AvgIpc) is 2.43. The predicted octanol–water partition coefficient (Wildman–Crippen LogP) is 1.44. The van der Waals surface area contributed by atoms with Gasteiger partial charge in [0.15, 0.2) is 11.0 Å². The highest BCUT2D eigenvalue weighted by Crippen LogP contribution is 2.19. The first-order chi connectivity index (χ1) is 9.15. The van der Waals surface area contributed by atoms with Crippen molar-refractivity contribution >= 4 is 27.0 Å². The molecular formula is C12H7BrN4O2. The van der Waals surface area contributed by atoms with Gasteiger partial charge in [-0.1, -0.05) is 28.1 Å². The number of halogens is 1. The molecule has 1 aromatic carbocycles. The number of benzene rings is 1. The molecule has 0 aliphatic heterocycles. The zero-order valence-corrected chi connectivity index (χ0v) is 11.1. The Hall–Kier alpha value is -2.28. The van der Waals surface area contributed by atoms with E-state index in [0.29, 0.717) is 5.69 Å². The Kier molecular flexibility index (Phi) is 2.75. The minimum absolute atomic E-state index is 0.0316. The molecule has 2 N–H and O–H groups in total. The number of hydrogen-bond acceptors (Lipinski definition) is 4. The molecule has 7 heteroatoms. The fourth-order valence-corrected chi connectivity index (χ4v) is 1.97. The summed E-state index contributed by atoms with van der Waals surface area (Å²) < 4.78 is 0.944. The fraction of sp³-hybridized carbons (Fsp3) is 0. The van der Waals surface area contributed by atoms with Crippen LogP contribution >= 0.6 is 15.9 Å². The molecule has 0 spiro atoms. The Bertz CT molecular complexity index is 867. The summed E-state index contributed by atoms with van der Waals surface area (Å²) in [7, 11) is 0. The number of fused-ring (bicyclic) bond motifs is 1. The van der Waals surface area contributed by atoms with Crippen molar-refractivity contribution in [1.82, 2.24) is 20.2 Å². The molecule has 0 atom stereocenters. The standard InChI is InChI=1S/C12H7BrN4O2/c13-7-3-1-6(2-4-7)8-5-14-9-10(15-8)12(19)17-16-11(9)18/h1-5H,(H,16,18)(H,17,19). The highest BCUT2D eigenvalue weighted by molar-refractivity contribution is 9.10. The predicted molar refractivity (Wildman–Crippen MR) is 73.9 cm³/mol. The van der Waals surface area contributed by atoms with Crippen molar-refractivity contribution in [2.24, 2.45) is 0 Å². The molecule has 3 rings (SSSR count). The Balaban J connectivity index is 2.27. The summed E-state index contributed by atoms with van der Waals surface area (Å²) in [5.41, 5.74) is 0.479. The number of nitrogens with one attached hydrogen (secondary N) is 2. The van der Waals surface area contributed by atoms with Crippen LogP contribution < -0.4 is 11.1 Å². The van der Waals surface area contributed by atoms with Crippen LogP contribution in [0.1, 0.15) is 0 Å². The van der Waals surface area contributed by atoms with Crippen molar-refractivity contribution in [1.29, 1.82) is 0 Å². The van der Waals surface area contributed by atoms with Gasteiger partial charge in [0.1, 0.15) is 0 Å². The summed E-state index contributed by atoms with van der Waals surface area (Å²) >= 11 is 3.34. The van der Waals surface area contributed by atoms with E-state index in [-0.39, 0.29) is 11.0 Å². The average molecular weight is 319 g/mol. The summed E-state index contributed by atoms with van der Waals surface area (Å²) in [5.74, 6) is 0. The first-order valence-corrected chi connectivity index (χ1v) is 6.18. The van der Waals surface area contributed by atoms with Crippen molar-refractivity contribution < 1.29 is 0 Å². The Morgan fingerprint density at radius 2 is 1.58 bits per heavy atom. The van der Waals surface area contributed by atoms with E-state index in [1.165, 1.54) is 6.20 Å². The number of aromatic nitrogens is 4. The lowest BCUT2D eigenvalue weighted by atomic mass is 10.1. The van der Waals surface area contributed by atoms with Crippen LogP contribution in [0.3, 0.4) is 0 Å². The Morgan fingerprint density at radius 3 is 2.26 bits per heavy atom. The lowest BCUT2D eigenvalue weighted by Crippen LogP contribution is -2.21. The van der Waals surface area contributed by atoms with Crippen molar-refractivity contribution in [2.45, 2.75) is 0 Å². The zero-order chi connectivity index (χ0) is 13.4. The lowest BCUT2D eigenvalue weighted by Gasteiger charge is -2.01. The molecule has 0 saturated heterocycles. The van der Waals surface area contributed by atoms with Crippen molar-refractivity contribution in [3.63, 3.8) is 0 Å². The second-order valence-electron chi connectivity index (χ2n) is 3.87. The van der Waals surface area contributed by atoms with Crippen LogP contribution in [0, 0.1) is 0 Å². The third-order valence-electron chi connectivity index (χ3n) is 2.63. The van der Waals surface area contributed by atoms with E-state index in [9.17, 15) is 9.59 Å². The Morgan fingerprint density at radius 1 is 0.947 bits per heavy atom. The molecule has 0 aliphatic carbocycles. The van der Waals surface area contributed by atoms with Gasteiger partial charge >= 0.3 is 0 Å². The van der Waals surface area contributed by atoms with E-state index >= 15 is 0 Å². The summed E-state index contributed by atoms with van der Waals surface area (Å²) in [6, 6.07) is 7.43. The monoisotopic (exact) mass is 318 g/mol. The van der Waals surface area contributed by atoms with Gasteiger partial charge in [0.2, 0.25) is 0 Å². The fourth-order valence-electron chi connectivity index (χ4n) is 1.71. The SMILES string of the molecule is O=c1[nH][nH]c(=O)c2nc(-c3ccc(Br)cc3)cnc12. The molecule has 0 amide bonds. The van der Waals surface area contributed by atoms with Gasteiger partial charge in [-0.2, -0.15) is 0 Å². The van der Waals surface area contributed by atoms with Crippen LogP contribution in [0.4, 0.5) is 0 Å². The highest BCUT2D eigenvalue weighted by Gasteiger charge is 2.08. The zero-order valence-electron chi connectivity index (χ0n) is 9.48. The van der Waals surface area contributed by atoms with Crippen molar-refractivity contribution in [2.75, 3.05) is 0 Å². The van der Waals surface area contributed by atoms with Gasteiger partial charge in [0, 0.05) is 10.0 Å². The third kappa shape index (κ3) is 2.08. The van der Waals surface area contributed by atoms with Crippen molar-refractivity contribution in [3.8, 4) is 11.3 Å². The molecule has 0 bridgehead atoms. The molecule has 0 fully saturated rings. The second kappa shape index (κ2) is 4.43. The first kappa shape index (κ1) is 11.8. The van der Waals surface area contributed by atoms with E-state index in [4.69, 9.17) is 0 Å². The van der Waals surface area contributed by atoms with Gasteiger partial charge in [0.05, 0.1) is 11.9 Å². The number of aromatic amines is 2. The highest BCUT2D eigenvalue weighted by atomic mass is 79.9. The maximum atomic E-state index is 11.6. The molecule has 0 radical (unpaired) electrons. The lowest BCUT2D eigenvalue weighted by molar-refractivity contribution is 0.961. The first-order valence-electron chi connectivity index (χ1n) is 5.39. The van der Waals surface area contributed by atoms with Crippen LogP contribution in [0.2, 0.25) is 0 Å². The normalized spacial score (nSPS) is 10.8. The van der Waals surface area contributed by atoms with Gasteiger partial charge in [-0.3, -0.25) is 19.8 Å². The number of H-pyrrole nitrogens is 2. The topological polar surface area (TPSA) is 91.5 Å². The number of hydrogen-bond donors (Lipinski definition) is 2. The molecule has 3 aromatic rings.